The molecule has 0 saturated heterocycles. The van der Waals surface area contributed by atoms with E-state index in [1.54, 1.807) is 0 Å². The van der Waals surface area contributed by atoms with Crippen molar-refractivity contribution >= 4 is 8.32 Å². The highest BCUT2D eigenvalue weighted by Gasteiger charge is 2.36. The maximum absolute atomic E-state index is 6.30. The Kier molecular flexibility index (Phi) is 14.9. The van der Waals surface area contributed by atoms with Gasteiger partial charge < -0.3 is 9.16 Å². The van der Waals surface area contributed by atoms with Crippen LogP contribution in [0.15, 0.2) is 24.3 Å². The van der Waals surface area contributed by atoms with Gasteiger partial charge in [-0.1, -0.05) is 116 Å². The van der Waals surface area contributed by atoms with Crippen molar-refractivity contribution in [1.29, 1.82) is 0 Å². The molecule has 0 fully saturated rings. The maximum atomic E-state index is 6.30. The number of ether oxygens (including phenoxy) is 1. The molecule has 1 aromatic rings. The highest BCUT2D eigenvalue weighted by atomic mass is 28.4. The summed E-state index contributed by atoms with van der Waals surface area (Å²) < 4.78 is 12.0. The Balaban J connectivity index is 2.06. The van der Waals surface area contributed by atoms with Crippen molar-refractivity contribution < 1.29 is 9.16 Å². The van der Waals surface area contributed by atoms with Gasteiger partial charge in [0.1, 0.15) is 6.61 Å². The van der Waals surface area contributed by atoms with E-state index in [9.17, 15) is 0 Å². The van der Waals surface area contributed by atoms with Crippen LogP contribution in [0.2, 0.25) is 18.1 Å². The summed E-state index contributed by atoms with van der Waals surface area (Å²) in [7, 11) is -1.70. The summed E-state index contributed by atoms with van der Waals surface area (Å²) in [6.45, 7) is 15.5. The molecule has 0 spiro atoms. The Labute approximate surface area is 201 Å². The minimum absolute atomic E-state index is 0.245. The molecule has 182 valence electrons. The molecule has 0 aliphatic rings. The van der Waals surface area contributed by atoms with Gasteiger partial charge in [-0.05, 0) is 35.7 Å². The molecule has 0 N–H and O–H groups in total. The Hall–Kier alpha value is -1.08. The molecule has 0 unspecified atom stereocenters. The average molecular weight is 459 g/mol. The van der Waals surface area contributed by atoms with Crippen LogP contribution in [-0.4, -0.2) is 14.9 Å². The Morgan fingerprint density at radius 2 is 1.22 bits per heavy atom. The largest absolute Gasteiger partial charge is 0.413 e. The summed E-state index contributed by atoms with van der Waals surface area (Å²) in [6.07, 6.45) is 14.7. The fourth-order valence-corrected chi connectivity index (χ4v) is 4.23. The van der Waals surface area contributed by atoms with Gasteiger partial charge in [-0.25, -0.2) is 0 Å². The van der Waals surface area contributed by atoms with Crippen molar-refractivity contribution in [3.63, 3.8) is 0 Å². The van der Waals surface area contributed by atoms with Crippen LogP contribution in [0.5, 0.6) is 0 Å². The van der Waals surface area contributed by atoms with Crippen molar-refractivity contribution in [2.24, 2.45) is 0 Å². The lowest BCUT2D eigenvalue weighted by Crippen LogP contribution is -2.40. The summed E-state index contributed by atoms with van der Waals surface area (Å²) in [6, 6.07) is 8.59. The Morgan fingerprint density at radius 1 is 0.719 bits per heavy atom. The van der Waals surface area contributed by atoms with E-state index in [0.717, 1.165) is 6.42 Å². The smallest absolute Gasteiger partial charge is 0.192 e. The predicted molar refractivity (Wildman–Crippen MR) is 142 cm³/mol. The molecule has 3 heteroatoms. The Bertz CT molecular complexity index is 646. The van der Waals surface area contributed by atoms with Crippen molar-refractivity contribution in [2.75, 3.05) is 6.61 Å². The predicted octanol–water partition coefficient (Wildman–Crippen LogP) is 9.04. The van der Waals surface area contributed by atoms with Crippen LogP contribution < -0.4 is 0 Å². The quantitative estimate of drug-likeness (QED) is 0.140. The second kappa shape index (κ2) is 16.5. The summed E-state index contributed by atoms with van der Waals surface area (Å²) in [4.78, 5) is 0. The summed E-state index contributed by atoms with van der Waals surface area (Å²) in [5.41, 5.74) is 2.42. The maximum Gasteiger partial charge on any atom is 0.192 e. The number of unbranched alkanes of at least 4 members (excludes halogenated alkanes) is 10. The fourth-order valence-electron chi connectivity index (χ4n) is 3.27. The molecule has 1 rings (SSSR count). The van der Waals surface area contributed by atoms with E-state index in [4.69, 9.17) is 9.16 Å². The molecule has 0 amide bonds. The van der Waals surface area contributed by atoms with Crippen molar-refractivity contribution in [3.8, 4) is 11.8 Å². The summed E-state index contributed by atoms with van der Waals surface area (Å²) in [5, 5.41) is 0.245. The number of hydrogen-bond donors (Lipinski definition) is 0. The van der Waals surface area contributed by atoms with E-state index in [2.05, 4.69) is 76.9 Å². The van der Waals surface area contributed by atoms with Crippen LogP contribution in [0.4, 0.5) is 0 Å². The van der Waals surface area contributed by atoms with Gasteiger partial charge in [0.25, 0.3) is 0 Å². The van der Waals surface area contributed by atoms with Gasteiger partial charge in [-0.3, -0.25) is 0 Å². The van der Waals surface area contributed by atoms with Crippen LogP contribution in [0.1, 0.15) is 109 Å². The standard InChI is InChI=1S/C29H50O2Si/c1-7-8-9-10-11-12-13-14-15-16-17-18-19-24-30-25-27-20-22-28(23-21-27)26-31-32(5,6)29(2,3)4/h20-23H,7-17,24-26H2,1-6H3. The van der Waals surface area contributed by atoms with Crippen LogP contribution in [0, 0.1) is 11.8 Å². The van der Waals surface area contributed by atoms with Crippen molar-refractivity contribution in [3.05, 3.63) is 35.4 Å². The highest BCUT2D eigenvalue weighted by molar-refractivity contribution is 6.74. The minimum Gasteiger partial charge on any atom is -0.413 e. The number of rotatable bonds is 16. The monoisotopic (exact) mass is 458 g/mol. The second-order valence-electron chi connectivity index (χ2n) is 10.6. The third-order valence-electron chi connectivity index (χ3n) is 6.65. The van der Waals surface area contributed by atoms with E-state index in [0.29, 0.717) is 19.8 Å². The third-order valence-corrected chi connectivity index (χ3v) is 11.1. The normalized spacial score (nSPS) is 11.9. The van der Waals surface area contributed by atoms with Crippen LogP contribution in [0.3, 0.4) is 0 Å². The fraction of sp³-hybridized carbons (Fsp3) is 0.724. The molecule has 0 bridgehead atoms. The van der Waals surface area contributed by atoms with Gasteiger partial charge >= 0.3 is 0 Å². The van der Waals surface area contributed by atoms with E-state index < -0.39 is 8.32 Å². The molecule has 1 aromatic carbocycles. The lowest BCUT2D eigenvalue weighted by atomic mass is 10.1. The first-order chi connectivity index (χ1) is 15.3. The topological polar surface area (TPSA) is 18.5 Å². The van der Waals surface area contributed by atoms with Gasteiger partial charge in [0.05, 0.1) is 13.2 Å². The van der Waals surface area contributed by atoms with Crippen LogP contribution in [-0.2, 0) is 22.4 Å². The molecule has 0 saturated carbocycles. The lowest BCUT2D eigenvalue weighted by molar-refractivity contribution is 0.153. The van der Waals surface area contributed by atoms with Gasteiger partial charge in [-0.15, -0.1) is 5.92 Å². The van der Waals surface area contributed by atoms with E-state index in [-0.39, 0.29) is 5.04 Å². The van der Waals surface area contributed by atoms with Crippen LogP contribution in [0.25, 0.3) is 0 Å². The Morgan fingerprint density at radius 3 is 1.75 bits per heavy atom. The zero-order chi connectivity index (χ0) is 23.7. The number of benzene rings is 1. The molecule has 0 radical (unpaired) electrons. The molecular formula is C29H50O2Si. The highest BCUT2D eigenvalue weighted by Crippen LogP contribution is 2.37. The molecule has 32 heavy (non-hydrogen) atoms. The number of hydrogen-bond acceptors (Lipinski definition) is 2. The third kappa shape index (κ3) is 13.5. The van der Waals surface area contributed by atoms with Gasteiger partial charge in [0, 0.05) is 6.42 Å². The first kappa shape index (κ1) is 28.9. The zero-order valence-electron chi connectivity index (χ0n) is 22.0. The van der Waals surface area contributed by atoms with E-state index >= 15 is 0 Å². The summed E-state index contributed by atoms with van der Waals surface area (Å²) in [5.74, 6) is 6.42. The first-order valence-corrected chi connectivity index (χ1v) is 15.9. The van der Waals surface area contributed by atoms with Crippen molar-refractivity contribution in [1.82, 2.24) is 0 Å². The van der Waals surface area contributed by atoms with E-state index in [1.807, 2.05) is 0 Å². The zero-order valence-corrected chi connectivity index (χ0v) is 23.0. The molecule has 0 heterocycles. The molecule has 2 nitrogen and oxygen atoms in total. The van der Waals surface area contributed by atoms with Crippen molar-refractivity contribution in [2.45, 2.75) is 130 Å². The van der Waals surface area contributed by atoms with Crippen LogP contribution >= 0.6 is 0 Å². The average Bonchev–Trinajstić information content (AvgIpc) is 2.75. The molecule has 0 aliphatic carbocycles. The van der Waals surface area contributed by atoms with Gasteiger partial charge in [0.15, 0.2) is 8.32 Å². The van der Waals surface area contributed by atoms with E-state index in [1.165, 1.54) is 75.3 Å². The minimum atomic E-state index is -1.70. The molecular weight excluding hydrogens is 408 g/mol. The summed E-state index contributed by atoms with van der Waals surface area (Å²) >= 11 is 0. The molecule has 0 aromatic heterocycles. The molecule has 0 atom stereocenters. The molecule has 0 aliphatic heterocycles. The second-order valence-corrected chi connectivity index (χ2v) is 15.5. The first-order valence-electron chi connectivity index (χ1n) is 13.0. The lowest BCUT2D eigenvalue weighted by Gasteiger charge is -2.36. The van der Waals surface area contributed by atoms with Gasteiger partial charge in [0.2, 0.25) is 0 Å². The SMILES string of the molecule is CCCCCCCCCCCCC#CCOCc1ccc(CO[Si](C)(C)C(C)(C)C)cc1. The van der Waals surface area contributed by atoms with Gasteiger partial charge in [-0.2, -0.15) is 0 Å².